The molecule has 1 aliphatic heterocycles. The molecule has 1 N–H and O–H groups in total. The van der Waals surface area contributed by atoms with E-state index in [2.05, 4.69) is 57.3 Å². The maximum atomic E-state index is 3.52. The fraction of sp³-hybridized carbons (Fsp3) is 0.500. The maximum Gasteiger partial charge on any atom is 0.0321 e. The molecule has 1 aromatic rings. The van der Waals surface area contributed by atoms with Gasteiger partial charge in [-0.2, -0.15) is 0 Å². The summed E-state index contributed by atoms with van der Waals surface area (Å²) in [5, 5.41) is 3.38. The van der Waals surface area contributed by atoms with Crippen LogP contribution >= 0.6 is 40.7 Å². The van der Waals surface area contributed by atoms with E-state index in [4.69, 9.17) is 0 Å². The highest BCUT2D eigenvalue weighted by Gasteiger charge is 2.17. The Morgan fingerprint density at radius 1 is 1.24 bits per heavy atom. The molecular weight excluding hydrogens is 323 g/mol. The van der Waals surface area contributed by atoms with Crippen molar-refractivity contribution in [3.8, 4) is 0 Å². The summed E-state index contributed by atoms with van der Waals surface area (Å²) in [6, 6.07) is 9.13. The first-order valence-electron chi connectivity index (χ1n) is 5.47. The summed E-state index contributed by atoms with van der Waals surface area (Å²) in [5.41, 5.74) is 1.39. The molecule has 1 aromatic carbocycles. The number of nitrogens with one attached hydrogen (secondary N) is 1. The lowest BCUT2D eigenvalue weighted by Gasteiger charge is -2.33. The Balaban J connectivity index is 0.00000128. The number of hydrogen-bond acceptors (Lipinski definition) is 2. The molecule has 0 aliphatic carbocycles. The van der Waals surface area contributed by atoms with E-state index >= 15 is 0 Å². The number of nitrogens with zero attached hydrogens (tertiary/aromatic N) is 1. The molecule has 1 atom stereocenters. The van der Waals surface area contributed by atoms with Gasteiger partial charge >= 0.3 is 0 Å². The molecule has 2 nitrogen and oxygen atoms in total. The zero-order chi connectivity index (χ0) is 10.7. The van der Waals surface area contributed by atoms with Gasteiger partial charge in [-0.05, 0) is 24.6 Å². The Labute approximate surface area is 124 Å². The fourth-order valence-corrected chi connectivity index (χ4v) is 2.46. The van der Waals surface area contributed by atoms with Crippen molar-refractivity contribution >= 4 is 40.7 Å². The number of rotatable bonds is 2. The van der Waals surface area contributed by atoms with Crippen LogP contribution in [0.2, 0.25) is 0 Å². The SMILES string of the molecule is CC(c1cccc(Br)c1)N1CCNCC1.Cl.Cl. The Morgan fingerprint density at radius 2 is 1.88 bits per heavy atom. The van der Waals surface area contributed by atoms with Crippen LogP contribution in [0, 0.1) is 0 Å². The van der Waals surface area contributed by atoms with Gasteiger partial charge in [-0.15, -0.1) is 24.8 Å². The van der Waals surface area contributed by atoms with Gasteiger partial charge in [0.2, 0.25) is 0 Å². The van der Waals surface area contributed by atoms with Crippen LogP contribution in [0.1, 0.15) is 18.5 Å². The predicted molar refractivity (Wildman–Crippen MR) is 81.5 cm³/mol. The second-order valence-electron chi connectivity index (χ2n) is 4.02. The topological polar surface area (TPSA) is 15.3 Å². The van der Waals surface area contributed by atoms with Crippen molar-refractivity contribution < 1.29 is 0 Å². The molecule has 17 heavy (non-hydrogen) atoms. The molecule has 1 aliphatic rings. The van der Waals surface area contributed by atoms with Gasteiger partial charge in [0, 0.05) is 36.7 Å². The zero-order valence-electron chi connectivity index (χ0n) is 9.86. The molecule has 1 saturated heterocycles. The van der Waals surface area contributed by atoms with E-state index in [1.807, 2.05) is 0 Å². The van der Waals surface area contributed by atoms with Crippen molar-refractivity contribution in [2.45, 2.75) is 13.0 Å². The van der Waals surface area contributed by atoms with Gasteiger partial charge in [-0.25, -0.2) is 0 Å². The molecule has 5 heteroatoms. The summed E-state index contributed by atoms with van der Waals surface area (Å²) in [5.74, 6) is 0. The molecule has 98 valence electrons. The zero-order valence-corrected chi connectivity index (χ0v) is 13.1. The lowest BCUT2D eigenvalue weighted by molar-refractivity contribution is 0.185. The number of piperazine rings is 1. The van der Waals surface area contributed by atoms with Gasteiger partial charge in [0.15, 0.2) is 0 Å². The minimum Gasteiger partial charge on any atom is -0.314 e. The molecule has 1 heterocycles. The van der Waals surface area contributed by atoms with Crippen molar-refractivity contribution in [2.75, 3.05) is 26.2 Å². The van der Waals surface area contributed by atoms with Gasteiger partial charge in [0.05, 0.1) is 0 Å². The maximum absolute atomic E-state index is 3.52. The van der Waals surface area contributed by atoms with Gasteiger partial charge in [-0.3, -0.25) is 4.90 Å². The molecule has 1 fully saturated rings. The summed E-state index contributed by atoms with van der Waals surface area (Å²) in [7, 11) is 0. The van der Waals surface area contributed by atoms with Crippen molar-refractivity contribution in [1.82, 2.24) is 10.2 Å². The van der Waals surface area contributed by atoms with E-state index in [1.165, 1.54) is 10.0 Å². The first-order chi connectivity index (χ1) is 7.27. The van der Waals surface area contributed by atoms with Crippen molar-refractivity contribution in [2.24, 2.45) is 0 Å². The first kappa shape index (κ1) is 17.2. The minimum atomic E-state index is 0. The van der Waals surface area contributed by atoms with E-state index in [-0.39, 0.29) is 24.8 Å². The number of halogens is 3. The van der Waals surface area contributed by atoms with E-state index in [0.29, 0.717) is 6.04 Å². The van der Waals surface area contributed by atoms with Crippen LogP contribution < -0.4 is 5.32 Å². The molecule has 0 saturated carbocycles. The van der Waals surface area contributed by atoms with Gasteiger partial charge in [-0.1, -0.05) is 28.1 Å². The summed E-state index contributed by atoms with van der Waals surface area (Å²) in [6.45, 7) is 6.80. The molecule has 2 rings (SSSR count). The van der Waals surface area contributed by atoms with Crippen molar-refractivity contribution in [3.63, 3.8) is 0 Å². The summed E-state index contributed by atoms with van der Waals surface area (Å²) >= 11 is 3.52. The highest BCUT2D eigenvalue weighted by molar-refractivity contribution is 9.10. The second kappa shape index (κ2) is 8.33. The van der Waals surface area contributed by atoms with E-state index < -0.39 is 0 Å². The normalized spacial score (nSPS) is 17.8. The minimum absolute atomic E-state index is 0. The monoisotopic (exact) mass is 340 g/mol. The average molecular weight is 342 g/mol. The molecule has 0 bridgehead atoms. The highest BCUT2D eigenvalue weighted by atomic mass is 79.9. The first-order valence-corrected chi connectivity index (χ1v) is 6.27. The van der Waals surface area contributed by atoms with Crippen LogP contribution in [0.4, 0.5) is 0 Å². The Morgan fingerprint density at radius 3 is 2.47 bits per heavy atom. The van der Waals surface area contributed by atoms with Gasteiger partial charge in [0.25, 0.3) is 0 Å². The van der Waals surface area contributed by atoms with Gasteiger partial charge < -0.3 is 5.32 Å². The lowest BCUT2D eigenvalue weighted by atomic mass is 10.1. The standard InChI is InChI=1S/C12H17BrN2.2ClH/c1-10(15-7-5-14-6-8-15)11-3-2-4-12(13)9-11;;/h2-4,9-10,14H,5-8H2,1H3;2*1H. The van der Waals surface area contributed by atoms with Crippen LogP contribution in [0.3, 0.4) is 0 Å². The molecule has 0 spiro atoms. The quantitative estimate of drug-likeness (QED) is 0.888. The fourth-order valence-electron chi connectivity index (χ4n) is 2.05. The predicted octanol–water partition coefficient (Wildman–Crippen LogP) is 3.26. The van der Waals surface area contributed by atoms with Crippen LogP contribution in [0.25, 0.3) is 0 Å². The second-order valence-corrected chi connectivity index (χ2v) is 4.93. The van der Waals surface area contributed by atoms with Crippen molar-refractivity contribution in [1.29, 1.82) is 0 Å². The number of benzene rings is 1. The average Bonchev–Trinajstić information content (AvgIpc) is 2.29. The molecule has 1 unspecified atom stereocenters. The van der Waals surface area contributed by atoms with E-state index in [1.54, 1.807) is 0 Å². The van der Waals surface area contributed by atoms with E-state index in [0.717, 1.165) is 26.2 Å². The lowest BCUT2D eigenvalue weighted by Crippen LogP contribution is -2.44. The van der Waals surface area contributed by atoms with Gasteiger partial charge in [0.1, 0.15) is 0 Å². The van der Waals surface area contributed by atoms with Crippen molar-refractivity contribution in [3.05, 3.63) is 34.3 Å². The molecular formula is C12H19BrCl2N2. The molecule has 0 radical (unpaired) electrons. The van der Waals surface area contributed by atoms with E-state index in [9.17, 15) is 0 Å². The van der Waals surface area contributed by atoms with Crippen LogP contribution in [0.5, 0.6) is 0 Å². The van der Waals surface area contributed by atoms with Crippen LogP contribution in [-0.2, 0) is 0 Å². The molecule has 0 aromatic heterocycles. The Kier molecular flexibility index (Phi) is 8.43. The summed E-state index contributed by atoms with van der Waals surface area (Å²) in [4.78, 5) is 2.53. The van der Waals surface area contributed by atoms with Crippen LogP contribution in [0.15, 0.2) is 28.7 Å². The molecule has 0 amide bonds. The Bertz CT molecular complexity index is 330. The van der Waals surface area contributed by atoms with Crippen LogP contribution in [-0.4, -0.2) is 31.1 Å². The smallest absolute Gasteiger partial charge is 0.0321 e. The third kappa shape index (κ3) is 4.76. The summed E-state index contributed by atoms with van der Waals surface area (Å²) in [6.07, 6.45) is 0. The summed E-state index contributed by atoms with van der Waals surface area (Å²) < 4.78 is 1.17. The third-order valence-corrected chi connectivity index (χ3v) is 3.52. The largest absolute Gasteiger partial charge is 0.314 e. The Hall–Kier alpha value is 0.200. The third-order valence-electron chi connectivity index (χ3n) is 3.03. The number of hydrogen-bond donors (Lipinski definition) is 1. The highest BCUT2D eigenvalue weighted by Crippen LogP contribution is 2.23.